The summed E-state index contributed by atoms with van der Waals surface area (Å²) in [5.74, 6) is 0.238. The number of benzene rings is 1. The highest BCUT2D eigenvalue weighted by molar-refractivity contribution is 7.13. The van der Waals surface area contributed by atoms with Crippen LogP contribution in [0.5, 0.6) is 5.75 Å². The minimum Gasteiger partial charge on any atom is -0.507 e. The standard InChI is InChI=1S/C10H9NOS/c11-7-3-4-8(9(12)6-7)10-2-1-5-13-10/h1-6,12H,11H2. The molecule has 0 saturated heterocycles. The van der Waals surface area contributed by atoms with Crippen molar-refractivity contribution < 1.29 is 5.11 Å². The van der Waals surface area contributed by atoms with Crippen LogP contribution in [0.2, 0.25) is 0 Å². The first-order valence-electron chi connectivity index (χ1n) is 3.90. The number of aromatic hydroxyl groups is 1. The summed E-state index contributed by atoms with van der Waals surface area (Å²) in [7, 11) is 0. The predicted octanol–water partition coefficient (Wildman–Crippen LogP) is 2.70. The summed E-state index contributed by atoms with van der Waals surface area (Å²) in [5, 5.41) is 11.6. The first-order valence-corrected chi connectivity index (χ1v) is 4.78. The van der Waals surface area contributed by atoms with E-state index in [0.717, 1.165) is 10.4 Å². The van der Waals surface area contributed by atoms with Gasteiger partial charge in [-0.2, -0.15) is 0 Å². The van der Waals surface area contributed by atoms with E-state index in [9.17, 15) is 5.11 Å². The van der Waals surface area contributed by atoms with E-state index in [0.29, 0.717) is 5.69 Å². The van der Waals surface area contributed by atoms with Gasteiger partial charge in [-0.15, -0.1) is 11.3 Å². The van der Waals surface area contributed by atoms with Crippen molar-refractivity contribution in [3.05, 3.63) is 35.7 Å². The molecule has 0 atom stereocenters. The summed E-state index contributed by atoms with van der Waals surface area (Å²) >= 11 is 1.60. The summed E-state index contributed by atoms with van der Waals surface area (Å²) in [5.41, 5.74) is 6.94. The molecule has 0 spiro atoms. The number of nitrogen functional groups attached to an aromatic ring is 1. The first-order chi connectivity index (χ1) is 6.27. The maximum Gasteiger partial charge on any atom is 0.126 e. The number of rotatable bonds is 1. The van der Waals surface area contributed by atoms with Gasteiger partial charge in [-0.3, -0.25) is 0 Å². The highest BCUT2D eigenvalue weighted by Crippen LogP contribution is 2.33. The van der Waals surface area contributed by atoms with Gasteiger partial charge in [-0.25, -0.2) is 0 Å². The molecule has 0 aliphatic rings. The number of hydrogen-bond donors (Lipinski definition) is 2. The van der Waals surface area contributed by atoms with E-state index < -0.39 is 0 Å². The van der Waals surface area contributed by atoms with E-state index in [1.165, 1.54) is 0 Å². The molecule has 0 bridgehead atoms. The van der Waals surface area contributed by atoms with E-state index in [2.05, 4.69) is 0 Å². The molecule has 3 N–H and O–H groups in total. The van der Waals surface area contributed by atoms with Crippen LogP contribution in [0.3, 0.4) is 0 Å². The summed E-state index contributed by atoms with van der Waals surface area (Å²) in [6, 6.07) is 9.10. The molecule has 0 aliphatic heterocycles. The largest absolute Gasteiger partial charge is 0.507 e. The molecule has 0 radical (unpaired) electrons. The lowest BCUT2D eigenvalue weighted by Crippen LogP contribution is -1.83. The van der Waals surface area contributed by atoms with Crippen molar-refractivity contribution >= 4 is 17.0 Å². The molecule has 1 heterocycles. The molecule has 2 rings (SSSR count). The van der Waals surface area contributed by atoms with Crippen LogP contribution < -0.4 is 5.73 Å². The average Bonchev–Trinajstić information content (AvgIpc) is 2.56. The summed E-state index contributed by atoms with van der Waals surface area (Å²) in [6.45, 7) is 0. The second kappa shape index (κ2) is 3.11. The lowest BCUT2D eigenvalue weighted by atomic mass is 10.1. The molecule has 2 nitrogen and oxygen atoms in total. The summed E-state index contributed by atoms with van der Waals surface area (Å²) < 4.78 is 0. The Morgan fingerprint density at radius 2 is 2.08 bits per heavy atom. The molecule has 3 heteroatoms. The zero-order valence-corrected chi connectivity index (χ0v) is 7.71. The minimum atomic E-state index is 0.238. The van der Waals surface area contributed by atoms with Crippen molar-refractivity contribution in [1.29, 1.82) is 0 Å². The monoisotopic (exact) mass is 191 g/mol. The third-order valence-electron chi connectivity index (χ3n) is 1.81. The Morgan fingerprint density at radius 3 is 2.69 bits per heavy atom. The fraction of sp³-hybridized carbons (Fsp3) is 0. The molecular formula is C10H9NOS. The van der Waals surface area contributed by atoms with Crippen molar-refractivity contribution in [2.24, 2.45) is 0 Å². The maximum absolute atomic E-state index is 9.59. The quantitative estimate of drug-likeness (QED) is 0.681. The molecule has 0 fully saturated rings. The van der Waals surface area contributed by atoms with Gasteiger partial charge in [0.15, 0.2) is 0 Å². The predicted molar refractivity (Wildman–Crippen MR) is 55.8 cm³/mol. The van der Waals surface area contributed by atoms with Crippen molar-refractivity contribution in [2.45, 2.75) is 0 Å². The third-order valence-corrected chi connectivity index (χ3v) is 2.71. The Labute approximate surface area is 80.3 Å². The third kappa shape index (κ3) is 1.51. The number of nitrogens with two attached hydrogens (primary N) is 1. The second-order valence-corrected chi connectivity index (χ2v) is 3.70. The average molecular weight is 191 g/mol. The summed E-state index contributed by atoms with van der Waals surface area (Å²) in [6.07, 6.45) is 0. The van der Waals surface area contributed by atoms with Gasteiger partial charge in [-0.05, 0) is 23.6 Å². The van der Waals surface area contributed by atoms with Gasteiger partial charge in [-0.1, -0.05) is 6.07 Å². The molecule has 66 valence electrons. The Kier molecular flexibility index (Phi) is 1.94. The van der Waals surface area contributed by atoms with Gasteiger partial charge >= 0.3 is 0 Å². The Morgan fingerprint density at radius 1 is 1.23 bits per heavy atom. The lowest BCUT2D eigenvalue weighted by Gasteiger charge is -2.02. The van der Waals surface area contributed by atoms with Crippen LogP contribution in [0.25, 0.3) is 10.4 Å². The van der Waals surface area contributed by atoms with E-state index in [1.54, 1.807) is 23.5 Å². The van der Waals surface area contributed by atoms with Crippen molar-refractivity contribution in [1.82, 2.24) is 0 Å². The highest BCUT2D eigenvalue weighted by atomic mass is 32.1. The number of phenolic OH excluding ortho intramolecular Hbond substituents is 1. The zero-order chi connectivity index (χ0) is 9.26. The minimum absolute atomic E-state index is 0.238. The number of hydrogen-bond acceptors (Lipinski definition) is 3. The SMILES string of the molecule is Nc1ccc(-c2cccs2)c(O)c1. The molecule has 0 unspecified atom stereocenters. The highest BCUT2D eigenvalue weighted by Gasteiger charge is 2.04. The van der Waals surface area contributed by atoms with E-state index in [-0.39, 0.29) is 5.75 Å². The summed E-state index contributed by atoms with van der Waals surface area (Å²) in [4.78, 5) is 1.05. The number of anilines is 1. The smallest absolute Gasteiger partial charge is 0.126 e. The van der Waals surface area contributed by atoms with Gasteiger partial charge in [0, 0.05) is 22.2 Å². The van der Waals surface area contributed by atoms with Crippen LogP contribution in [0.4, 0.5) is 5.69 Å². The fourth-order valence-corrected chi connectivity index (χ4v) is 1.95. The maximum atomic E-state index is 9.59. The van der Waals surface area contributed by atoms with Crippen LogP contribution in [-0.4, -0.2) is 5.11 Å². The van der Waals surface area contributed by atoms with Crippen LogP contribution >= 0.6 is 11.3 Å². The van der Waals surface area contributed by atoms with E-state index >= 15 is 0 Å². The molecule has 2 aromatic rings. The van der Waals surface area contributed by atoms with Crippen molar-refractivity contribution in [3.8, 4) is 16.2 Å². The molecule has 1 aromatic carbocycles. The fourth-order valence-electron chi connectivity index (χ4n) is 1.19. The second-order valence-electron chi connectivity index (χ2n) is 2.75. The van der Waals surface area contributed by atoms with Gasteiger partial charge in [0.25, 0.3) is 0 Å². The van der Waals surface area contributed by atoms with Crippen LogP contribution in [0.15, 0.2) is 35.7 Å². The van der Waals surface area contributed by atoms with Crippen LogP contribution in [0, 0.1) is 0 Å². The van der Waals surface area contributed by atoms with Gasteiger partial charge < -0.3 is 10.8 Å². The molecule has 1 aromatic heterocycles. The van der Waals surface area contributed by atoms with E-state index in [4.69, 9.17) is 5.73 Å². The van der Waals surface area contributed by atoms with Crippen molar-refractivity contribution in [3.63, 3.8) is 0 Å². The van der Waals surface area contributed by atoms with Crippen LogP contribution in [0.1, 0.15) is 0 Å². The molecule has 0 saturated carbocycles. The Balaban J connectivity index is 2.53. The van der Waals surface area contributed by atoms with Gasteiger partial charge in [0.05, 0.1) is 0 Å². The first kappa shape index (κ1) is 8.13. The zero-order valence-electron chi connectivity index (χ0n) is 6.90. The molecule has 0 aliphatic carbocycles. The lowest BCUT2D eigenvalue weighted by molar-refractivity contribution is 0.478. The normalized spacial score (nSPS) is 10.2. The van der Waals surface area contributed by atoms with Crippen LogP contribution in [-0.2, 0) is 0 Å². The number of thiophene rings is 1. The van der Waals surface area contributed by atoms with Gasteiger partial charge in [0.1, 0.15) is 5.75 Å². The molecule has 13 heavy (non-hydrogen) atoms. The Bertz CT molecular complexity index is 409. The topological polar surface area (TPSA) is 46.2 Å². The molecular weight excluding hydrogens is 182 g/mol. The van der Waals surface area contributed by atoms with E-state index in [1.807, 2.05) is 23.6 Å². The Hall–Kier alpha value is -1.48. The van der Waals surface area contributed by atoms with Gasteiger partial charge in [0.2, 0.25) is 0 Å². The van der Waals surface area contributed by atoms with Crippen molar-refractivity contribution in [2.75, 3.05) is 5.73 Å². The number of phenols is 1. The molecule has 0 amide bonds.